The molecule has 0 aliphatic carbocycles. The summed E-state index contributed by atoms with van der Waals surface area (Å²) in [4.78, 5) is 72.6. The summed E-state index contributed by atoms with van der Waals surface area (Å²) in [7, 11) is -9.90. The van der Waals surface area contributed by atoms with Crippen LogP contribution in [0, 0.1) is 0 Å². The van der Waals surface area contributed by atoms with Gasteiger partial charge in [-0.15, -0.1) is 0 Å². The van der Waals surface area contributed by atoms with Gasteiger partial charge in [0, 0.05) is 25.7 Å². The highest BCUT2D eigenvalue weighted by atomic mass is 31.2. The van der Waals surface area contributed by atoms with Crippen molar-refractivity contribution in [2.24, 2.45) is 0 Å². The molecule has 2 unspecified atom stereocenters. The van der Waals surface area contributed by atoms with E-state index < -0.39 is 97.5 Å². The van der Waals surface area contributed by atoms with Gasteiger partial charge in [0.15, 0.2) is 12.2 Å². The van der Waals surface area contributed by atoms with Crippen LogP contribution in [0.4, 0.5) is 0 Å². The van der Waals surface area contributed by atoms with E-state index in [1.807, 2.05) is 0 Å². The lowest BCUT2D eigenvalue weighted by Gasteiger charge is -2.21. The Bertz CT molecular complexity index is 1810. The fourth-order valence-electron chi connectivity index (χ4n) is 11.8. The number of unbranched alkanes of at least 4 members (excludes halogenated alkanes) is 51. The Balaban J connectivity index is 5.13. The molecule has 0 amide bonds. The van der Waals surface area contributed by atoms with Crippen LogP contribution in [0.2, 0.25) is 0 Å². The highest BCUT2D eigenvalue weighted by Crippen LogP contribution is 2.45. The van der Waals surface area contributed by atoms with Gasteiger partial charge in [0.25, 0.3) is 0 Å². The number of carbonyl (C=O) groups is 4. The summed E-state index contributed by atoms with van der Waals surface area (Å²) in [6.07, 6.45) is 61.4. The van der Waals surface area contributed by atoms with Crippen LogP contribution in [0.25, 0.3) is 0 Å². The van der Waals surface area contributed by atoms with Crippen molar-refractivity contribution < 1.29 is 80.2 Å². The predicted octanol–water partition coefficient (Wildman–Crippen LogP) is 22.6. The number of aliphatic hydroxyl groups is 1. The van der Waals surface area contributed by atoms with E-state index in [1.54, 1.807) is 0 Å². The molecule has 95 heavy (non-hydrogen) atoms. The molecule has 0 bridgehead atoms. The minimum absolute atomic E-state index is 0.108. The van der Waals surface area contributed by atoms with Crippen molar-refractivity contribution in [3.05, 3.63) is 0 Å². The number of phosphoric ester groups is 2. The quantitative estimate of drug-likeness (QED) is 0.0222. The van der Waals surface area contributed by atoms with Crippen LogP contribution in [0.1, 0.15) is 407 Å². The molecule has 0 aromatic carbocycles. The fraction of sp³-hybridized carbons (Fsp3) is 0.947. The van der Waals surface area contributed by atoms with Gasteiger partial charge >= 0.3 is 39.5 Å². The molecule has 564 valence electrons. The Morgan fingerprint density at radius 3 is 0.621 bits per heavy atom. The molecule has 0 aliphatic rings. The number of esters is 4. The lowest BCUT2D eigenvalue weighted by Crippen LogP contribution is -2.30. The summed E-state index contributed by atoms with van der Waals surface area (Å²) >= 11 is 0. The summed E-state index contributed by atoms with van der Waals surface area (Å²) in [5.74, 6) is -2.12. The predicted molar refractivity (Wildman–Crippen MR) is 386 cm³/mol. The molecule has 0 aliphatic heterocycles. The first-order valence-electron chi connectivity index (χ1n) is 39.8. The second-order valence-electron chi connectivity index (χ2n) is 27.4. The lowest BCUT2D eigenvalue weighted by atomic mass is 10.0. The van der Waals surface area contributed by atoms with E-state index in [-0.39, 0.29) is 25.7 Å². The molecule has 0 spiro atoms. The first-order chi connectivity index (χ1) is 46.2. The molecule has 0 aromatic rings. The second-order valence-corrected chi connectivity index (χ2v) is 30.3. The van der Waals surface area contributed by atoms with E-state index in [9.17, 15) is 43.2 Å². The zero-order valence-electron chi connectivity index (χ0n) is 61.6. The van der Waals surface area contributed by atoms with Crippen molar-refractivity contribution in [1.29, 1.82) is 0 Å². The molecule has 17 nitrogen and oxygen atoms in total. The van der Waals surface area contributed by atoms with Gasteiger partial charge in [-0.3, -0.25) is 37.3 Å². The van der Waals surface area contributed by atoms with Crippen LogP contribution >= 0.6 is 15.6 Å². The van der Waals surface area contributed by atoms with Crippen LogP contribution in [0.15, 0.2) is 0 Å². The third-order valence-corrected chi connectivity index (χ3v) is 19.8. The monoisotopic (exact) mass is 1400 g/mol. The van der Waals surface area contributed by atoms with Gasteiger partial charge < -0.3 is 33.8 Å². The van der Waals surface area contributed by atoms with Gasteiger partial charge in [0.05, 0.1) is 26.4 Å². The molecule has 0 heterocycles. The fourth-order valence-corrected chi connectivity index (χ4v) is 13.3. The van der Waals surface area contributed by atoms with Crippen molar-refractivity contribution in [1.82, 2.24) is 0 Å². The van der Waals surface area contributed by atoms with E-state index in [0.717, 1.165) is 96.3 Å². The van der Waals surface area contributed by atoms with Crippen molar-refractivity contribution in [2.45, 2.75) is 425 Å². The van der Waals surface area contributed by atoms with Gasteiger partial charge in [-0.05, 0) is 25.7 Å². The summed E-state index contributed by atoms with van der Waals surface area (Å²) in [5.41, 5.74) is 0. The average molecular weight is 1400 g/mol. The molecule has 3 N–H and O–H groups in total. The highest BCUT2D eigenvalue weighted by molar-refractivity contribution is 7.47. The second kappa shape index (κ2) is 70.5. The Hall–Kier alpha value is -1.94. The maximum absolute atomic E-state index is 13.1. The zero-order chi connectivity index (χ0) is 69.7. The Kier molecular flexibility index (Phi) is 69.1. The normalized spacial score (nSPS) is 13.9. The Morgan fingerprint density at radius 2 is 0.421 bits per heavy atom. The van der Waals surface area contributed by atoms with E-state index >= 15 is 0 Å². The molecular weight excluding hydrogens is 1250 g/mol. The molecule has 0 aromatic heterocycles. The summed E-state index contributed by atoms with van der Waals surface area (Å²) < 4.78 is 68.3. The first-order valence-corrected chi connectivity index (χ1v) is 42.8. The number of hydrogen-bond donors (Lipinski definition) is 3. The van der Waals surface area contributed by atoms with E-state index in [0.29, 0.717) is 25.7 Å². The maximum Gasteiger partial charge on any atom is 0.472 e. The number of phosphoric acid groups is 2. The number of ether oxygens (including phenoxy) is 4. The lowest BCUT2D eigenvalue weighted by molar-refractivity contribution is -0.161. The molecule has 0 radical (unpaired) electrons. The highest BCUT2D eigenvalue weighted by Gasteiger charge is 2.30. The zero-order valence-corrected chi connectivity index (χ0v) is 63.4. The van der Waals surface area contributed by atoms with E-state index in [4.69, 9.17) is 37.0 Å². The maximum atomic E-state index is 13.1. The van der Waals surface area contributed by atoms with Gasteiger partial charge in [0.1, 0.15) is 19.3 Å². The molecular formula is C76H148O17P2. The summed E-state index contributed by atoms with van der Waals surface area (Å²) in [5, 5.41) is 10.6. The molecule has 5 atom stereocenters. The van der Waals surface area contributed by atoms with Crippen LogP contribution in [-0.4, -0.2) is 96.7 Å². The van der Waals surface area contributed by atoms with Crippen molar-refractivity contribution >= 4 is 39.5 Å². The smallest absolute Gasteiger partial charge is 0.462 e. The van der Waals surface area contributed by atoms with Crippen LogP contribution in [0.3, 0.4) is 0 Å². The van der Waals surface area contributed by atoms with Gasteiger partial charge in [-0.2, -0.15) is 0 Å². The molecule has 0 saturated carbocycles. The van der Waals surface area contributed by atoms with Crippen molar-refractivity contribution in [3.63, 3.8) is 0 Å². The Morgan fingerprint density at radius 1 is 0.253 bits per heavy atom. The van der Waals surface area contributed by atoms with Gasteiger partial charge in [-0.1, -0.05) is 355 Å². The van der Waals surface area contributed by atoms with Crippen LogP contribution < -0.4 is 0 Å². The van der Waals surface area contributed by atoms with Crippen LogP contribution in [-0.2, 0) is 65.4 Å². The first kappa shape index (κ1) is 93.1. The minimum atomic E-state index is -4.95. The molecule has 0 fully saturated rings. The largest absolute Gasteiger partial charge is 0.472 e. The van der Waals surface area contributed by atoms with E-state index in [2.05, 4.69) is 27.7 Å². The van der Waals surface area contributed by atoms with Gasteiger partial charge in [-0.25, -0.2) is 9.13 Å². The minimum Gasteiger partial charge on any atom is -0.462 e. The molecule has 19 heteroatoms. The number of aliphatic hydroxyl groups excluding tert-OH is 1. The van der Waals surface area contributed by atoms with Crippen molar-refractivity contribution in [2.75, 3.05) is 39.6 Å². The number of rotatable bonds is 77. The number of hydrogen-bond acceptors (Lipinski definition) is 15. The standard InChI is InChI=1S/C76H148O17P2/c1-5-9-13-17-20-23-26-29-32-35-38-40-43-46-49-53-57-61-74(79)87-67-72(93-76(81)63-59-55-51-48-45-42-39-36-33-30-27-24-21-18-14-10-6-2)69-91-95(84,85)89-65-70(77)64-88-94(82,83)90-68-71(66-86-73(78)60-56-52-16-12-8-4)92-75(80)62-58-54-50-47-44-41-37-34-31-28-25-22-19-15-11-7-3/h70-72,77H,5-69H2,1-4H3,(H,82,83)(H,84,85)/t70-,71+,72+/m0/s1. The third-order valence-electron chi connectivity index (χ3n) is 17.9. The Labute approximate surface area is 581 Å². The number of carbonyl (C=O) groups excluding carboxylic acids is 4. The SMILES string of the molecule is CCCCCCCCCCCCCCCCCCCC(=O)OC[C@H](COP(=O)(O)OC[C@@H](O)COP(=O)(O)OC[C@@H](COC(=O)CCCCCCC)OC(=O)CCCCCCCCCCCCCCCCCC)OC(=O)CCCCCCCCCCCCCCCCCCC. The molecule has 0 saturated heterocycles. The summed E-state index contributed by atoms with van der Waals surface area (Å²) in [6, 6.07) is 0. The van der Waals surface area contributed by atoms with Crippen molar-refractivity contribution in [3.8, 4) is 0 Å². The van der Waals surface area contributed by atoms with E-state index in [1.165, 1.54) is 231 Å². The third kappa shape index (κ3) is 70.3. The topological polar surface area (TPSA) is 237 Å². The van der Waals surface area contributed by atoms with Crippen LogP contribution in [0.5, 0.6) is 0 Å². The van der Waals surface area contributed by atoms with Gasteiger partial charge in [0.2, 0.25) is 0 Å². The average Bonchev–Trinajstić information content (AvgIpc) is 3.26. The molecule has 0 rings (SSSR count). The summed E-state index contributed by atoms with van der Waals surface area (Å²) in [6.45, 7) is 4.91.